The molecular weight excluding hydrogens is 456 g/mol. The number of methoxy groups -OCH3 is 1. The van der Waals surface area contributed by atoms with E-state index in [2.05, 4.69) is 51.6 Å². The Bertz CT molecular complexity index is 1020. The summed E-state index contributed by atoms with van der Waals surface area (Å²) >= 11 is 0. The molecule has 0 saturated heterocycles. The molecular formula is C34H50O3. The number of rotatable bonds is 8. The molecule has 2 aromatic rings. The van der Waals surface area contributed by atoms with Gasteiger partial charge in [0, 0.05) is 19.3 Å². The highest BCUT2D eigenvalue weighted by Gasteiger charge is 2.19. The first-order valence-corrected chi connectivity index (χ1v) is 13.8. The molecule has 0 aromatic heterocycles. The molecule has 3 heteroatoms. The van der Waals surface area contributed by atoms with E-state index >= 15 is 0 Å². The average Bonchev–Trinajstić information content (AvgIpc) is 3.35. The van der Waals surface area contributed by atoms with Crippen LogP contribution in [0.3, 0.4) is 0 Å². The number of carbonyl (C=O) groups is 1. The fraction of sp³-hybridized carbons (Fsp3) is 0.441. The Morgan fingerprint density at radius 3 is 2.30 bits per heavy atom. The summed E-state index contributed by atoms with van der Waals surface area (Å²) in [7, 11) is 1.66. The van der Waals surface area contributed by atoms with Gasteiger partial charge in [-0.15, -0.1) is 0 Å². The number of fused-ring (bicyclic) bond motifs is 1. The van der Waals surface area contributed by atoms with E-state index in [0.29, 0.717) is 31.0 Å². The Morgan fingerprint density at radius 2 is 1.76 bits per heavy atom. The molecule has 3 nitrogen and oxygen atoms in total. The van der Waals surface area contributed by atoms with Crippen molar-refractivity contribution in [2.75, 3.05) is 7.11 Å². The summed E-state index contributed by atoms with van der Waals surface area (Å²) < 4.78 is 5.26. The fourth-order valence-corrected chi connectivity index (χ4v) is 3.73. The third-order valence-corrected chi connectivity index (χ3v) is 5.75. The molecule has 37 heavy (non-hydrogen) atoms. The number of aliphatic hydroxyl groups excluding tert-OH is 1. The second-order valence-corrected chi connectivity index (χ2v) is 8.79. The summed E-state index contributed by atoms with van der Waals surface area (Å²) in [5.41, 5.74) is 3.71. The van der Waals surface area contributed by atoms with Gasteiger partial charge >= 0.3 is 0 Å². The number of benzene rings is 2. The van der Waals surface area contributed by atoms with Crippen molar-refractivity contribution in [2.24, 2.45) is 5.92 Å². The molecule has 0 aliphatic heterocycles. The number of allylic oxidation sites excluding steroid dienone is 6. The molecule has 204 valence electrons. The average molecular weight is 507 g/mol. The van der Waals surface area contributed by atoms with Crippen molar-refractivity contribution in [1.82, 2.24) is 0 Å². The van der Waals surface area contributed by atoms with E-state index in [4.69, 9.17) is 4.74 Å². The van der Waals surface area contributed by atoms with Gasteiger partial charge in [0.2, 0.25) is 0 Å². The lowest BCUT2D eigenvalue weighted by atomic mass is 10.0. The van der Waals surface area contributed by atoms with Crippen LogP contribution < -0.4 is 4.74 Å². The van der Waals surface area contributed by atoms with Crippen LogP contribution in [0.2, 0.25) is 0 Å². The first kappa shape index (κ1) is 34.1. The standard InChI is InChI=1S/C20H22O3.C10H16.2C2H6/c1-23-20-9-6-16-5-2-15(10-17(16)13-20)12-19(22)8-4-14-3-7-18(21)11-14;1-5-10(6-2)8-7-9(3)4;2*1-2/h2,4-6,8-10,13-14,19,22H,3,7,11-12H2,1H3;5,7-8H,1,6H2,2-4H3;2*1-2H3/b8-4+;10-8+;;/t14-,19?;;;/m1.../s1. The predicted octanol–water partition coefficient (Wildman–Crippen LogP) is 9.20. The van der Waals surface area contributed by atoms with Gasteiger partial charge in [0.15, 0.2) is 0 Å². The Balaban J connectivity index is 0.000000783. The summed E-state index contributed by atoms with van der Waals surface area (Å²) in [4.78, 5) is 11.3. The maximum atomic E-state index is 11.3. The van der Waals surface area contributed by atoms with Gasteiger partial charge < -0.3 is 9.84 Å². The number of Topliss-reactive ketones (excluding diaryl/α,β-unsaturated/α-hetero) is 1. The van der Waals surface area contributed by atoms with Gasteiger partial charge in [0.05, 0.1) is 13.2 Å². The summed E-state index contributed by atoms with van der Waals surface area (Å²) in [6.45, 7) is 18.0. The molecule has 3 rings (SSSR count). The van der Waals surface area contributed by atoms with Crippen molar-refractivity contribution in [2.45, 2.75) is 86.7 Å². The van der Waals surface area contributed by atoms with Crippen LogP contribution >= 0.6 is 0 Å². The van der Waals surface area contributed by atoms with Gasteiger partial charge in [0.1, 0.15) is 11.5 Å². The largest absolute Gasteiger partial charge is 0.497 e. The normalized spacial score (nSPS) is 15.4. The minimum absolute atomic E-state index is 0.304. The van der Waals surface area contributed by atoms with Crippen molar-refractivity contribution in [3.63, 3.8) is 0 Å². The topological polar surface area (TPSA) is 46.5 Å². The van der Waals surface area contributed by atoms with Crippen molar-refractivity contribution >= 4 is 16.6 Å². The molecule has 0 heterocycles. The smallest absolute Gasteiger partial charge is 0.133 e. The van der Waals surface area contributed by atoms with Gasteiger partial charge in [0.25, 0.3) is 0 Å². The highest BCUT2D eigenvalue weighted by molar-refractivity contribution is 5.84. The van der Waals surface area contributed by atoms with E-state index < -0.39 is 6.10 Å². The summed E-state index contributed by atoms with van der Waals surface area (Å²) in [6.07, 6.45) is 13.3. The second kappa shape index (κ2) is 20.2. The fourth-order valence-electron chi connectivity index (χ4n) is 3.73. The monoisotopic (exact) mass is 506 g/mol. The van der Waals surface area contributed by atoms with Gasteiger partial charge in [-0.2, -0.15) is 0 Å². The first-order chi connectivity index (χ1) is 17.8. The number of carbonyl (C=O) groups excluding carboxylic acids is 1. The van der Waals surface area contributed by atoms with E-state index in [-0.39, 0.29) is 0 Å². The minimum Gasteiger partial charge on any atom is -0.497 e. The number of ketones is 1. The Kier molecular flexibility index (Phi) is 18.6. The molecule has 1 aliphatic carbocycles. The molecule has 1 fully saturated rings. The Morgan fingerprint density at radius 1 is 1.08 bits per heavy atom. The van der Waals surface area contributed by atoms with Crippen molar-refractivity contribution in [1.29, 1.82) is 0 Å². The van der Waals surface area contributed by atoms with Crippen LogP contribution in [0.4, 0.5) is 0 Å². The SMILES string of the molecule is C=C/C(=C\C=C(C)C)CC.CC.CC.COc1ccc2ccc(CC(O)/C=C/[C@H]3CCC(=O)C3)cc2c1. The van der Waals surface area contributed by atoms with Crippen LogP contribution in [0.5, 0.6) is 5.75 Å². The van der Waals surface area contributed by atoms with Crippen molar-refractivity contribution < 1.29 is 14.6 Å². The highest BCUT2D eigenvalue weighted by Crippen LogP contribution is 2.24. The van der Waals surface area contributed by atoms with Crippen LogP contribution in [0.25, 0.3) is 10.8 Å². The number of ether oxygens (including phenoxy) is 1. The third-order valence-electron chi connectivity index (χ3n) is 5.75. The molecule has 2 atom stereocenters. The van der Waals surface area contributed by atoms with Crippen LogP contribution in [-0.2, 0) is 11.2 Å². The van der Waals surface area contributed by atoms with Gasteiger partial charge in [-0.05, 0) is 66.6 Å². The minimum atomic E-state index is -0.520. The lowest BCUT2D eigenvalue weighted by Gasteiger charge is -2.09. The van der Waals surface area contributed by atoms with E-state index in [1.807, 2.05) is 70.2 Å². The van der Waals surface area contributed by atoms with Gasteiger partial charge in [-0.25, -0.2) is 0 Å². The van der Waals surface area contributed by atoms with E-state index in [1.165, 1.54) is 11.1 Å². The molecule has 1 aliphatic rings. The zero-order chi connectivity index (χ0) is 28.2. The zero-order valence-corrected chi connectivity index (χ0v) is 24.5. The third kappa shape index (κ3) is 13.8. The van der Waals surface area contributed by atoms with Crippen LogP contribution in [0.1, 0.15) is 79.7 Å². The molecule has 1 N–H and O–H groups in total. The van der Waals surface area contributed by atoms with E-state index in [1.54, 1.807) is 7.11 Å². The second-order valence-electron chi connectivity index (χ2n) is 8.79. The summed E-state index contributed by atoms with van der Waals surface area (Å²) in [6, 6.07) is 12.2. The van der Waals surface area contributed by atoms with E-state index in [9.17, 15) is 9.90 Å². The first-order valence-electron chi connectivity index (χ1n) is 13.8. The van der Waals surface area contributed by atoms with Crippen LogP contribution in [-0.4, -0.2) is 24.1 Å². The Hall–Kier alpha value is -2.91. The number of hydrogen-bond donors (Lipinski definition) is 1. The van der Waals surface area contributed by atoms with Crippen molar-refractivity contribution in [3.8, 4) is 5.75 Å². The molecule has 0 amide bonds. The Labute approximate surface area is 226 Å². The molecule has 1 unspecified atom stereocenters. The molecule has 0 bridgehead atoms. The highest BCUT2D eigenvalue weighted by atomic mass is 16.5. The lowest BCUT2D eigenvalue weighted by molar-refractivity contribution is -0.117. The molecule has 0 spiro atoms. The zero-order valence-electron chi connectivity index (χ0n) is 24.5. The predicted molar refractivity (Wildman–Crippen MR) is 162 cm³/mol. The summed E-state index contributed by atoms with van der Waals surface area (Å²) in [5.74, 6) is 1.47. The van der Waals surface area contributed by atoms with Gasteiger partial charge in [-0.1, -0.05) is 101 Å². The van der Waals surface area contributed by atoms with E-state index in [0.717, 1.165) is 34.9 Å². The van der Waals surface area contributed by atoms with Gasteiger partial charge in [-0.3, -0.25) is 4.79 Å². The molecule has 1 saturated carbocycles. The molecule has 2 aromatic carbocycles. The number of aliphatic hydroxyl groups is 1. The number of hydrogen-bond acceptors (Lipinski definition) is 3. The quantitative estimate of drug-likeness (QED) is 0.287. The summed E-state index contributed by atoms with van der Waals surface area (Å²) in [5, 5.41) is 12.5. The lowest BCUT2D eigenvalue weighted by Crippen LogP contribution is -2.07. The maximum Gasteiger partial charge on any atom is 0.133 e. The van der Waals surface area contributed by atoms with Crippen LogP contribution in [0, 0.1) is 5.92 Å². The maximum absolute atomic E-state index is 11.3. The van der Waals surface area contributed by atoms with Crippen LogP contribution in [0.15, 0.2) is 84.5 Å². The van der Waals surface area contributed by atoms with Crippen molar-refractivity contribution in [3.05, 3.63) is 90.1 Å². The molecule has 0 radical (unpaired) electrons.